The third-order valence-electron chi connectivity index (χ3n) is 4.02. The van der Waals surface area contributed by atoms with E-state index in [1.54, 1.807) is 0 Å². The van der Waals surface area contributed by atoms with Crippen LogP contribution in [0.5, 0.6) is 0 Å². The summed E-state index contributed by atoms with van der Waals surface area (Å²) in [5.74, 6) is 0. The van der Waals surface area contributed by atoms with Gasteiger partial charge in [-0.15, -0.1) is 0 Å². The van der Waals surface area contributed by atoms with E-state index in [-0.39, 0.29) is 0 Å². The van der Waals surface area contributed by atoms with Crippen molar-refractivity contribution in [1.82, 2.24) is 15.1 Å². The number of hydrogen-bond acceptors (Lipinski definition) is 4. The van der Waals surface area contributed by atoms with Crippen molar-refractivity contribution >= 4 is 0 Å². The zero-order valence-electron chi connectivity index (χ0n) is 11.3. The minimum atomic E-state index is 0.376. The topological polar surface area (TPSA) is 27.7 Å². The van der Waals surface area contributed by atoms with Crippen molar-refractivity contribution in [2.24, 2.45) is 0 Å². The molecule has 2 fully saturated rings. The highest BCUT2D eigenvalue weighted by molar-refractivity contribution is 4.83. The Hall–Kier alpha value is -0.160. The van der Waals surface area contributed by atoms with Crippen LogP contribution in [0.4, 0.5) is 0 Å². The first-order valence-corrected chi connectivity index (χ1v) is 7.10. The van der Waals surface area contributed by atoms with Crippen LogP contribution in [-0.2, 0) is 4.74 Å². The van der Waals surface area contributed by atoms with E-state index in [2.05, 4.69) is 29.0 Å². The Balaban J connectivity index is 1.75. The van der Waals surface area contributed by atoms with Crippen LogP contribution in [0, 0.1) is 0 Å². The standard InChI is InChI=1S/C13H27N3O/c1-3-5-15-6-8-16(9-7-15)12(2)13-11-14-4-10-17-13/h12-14H,3-11H2,1-2H3. The molecule has 2 unspecified atom stereocenters. The second kappa shape index (κ2) is 6.69. The Morgan fingerprint density at radius 2 is 2.06 bits per heavy atom. The maximum absolute atomic E-state index is 5.85. The van der Waals surface area contributed by atoms with Crippen molar-refractivity contribution in [3.05, 3.63) is 0 Å². The lowest BCUT2D eigenvalue weighted by atomic mass is 10.1. The molecule has 2 atom stereocenters. The van der Waals surface area contributed by atoms with Crippen molar-refractivity contribution in [2.75, 3.05) is 52.4 Å². The van der Waals surface area contributed by atoms with Gasteiger partial charge in [-0.1, -0.05) is 6.92 Å². The maximum Gasteiger partial charge on any atom is 0.0852 e. The highest BCUT2D eigenvalue weighted by Gasteiger charge is 2.28. The average Bonchev–Trinajstić information content (AvgIpc) is 2.40. The highest BCUT2D eigenvalue weighted by atomic mass is 16.5. The molecule has 4 nitrogen and oxygen atoms in total. The third kappa shape index (κ3) is 3.65. The highest BCUT2D eigenvalue weighted by Crippen LogP contribution is 2.13. The van der Waals surface area contributed by atoms with Gasteiger partial charge in [0, 0.05) is 45.3 Å². The molecule has 2 rings (SSSR count). The molecule has 2 heterocycles. The van der Waals surface area contributed by atoms with E-state index in [1.807, 2.05) is 0 Å². The first kappa shape index (κ1) is 13.3. The molecular weight excluding hydrogens is 214 g/mol. The van der Waals surface area contributed by atoms with Crippen LogP contribution < -0.4 is 5.32 Å². The first-order chi connectivity index (χ1) is 8.31. The number of ether oxygens (including phenoxy) is 1. The van der Waals surface area contributed by atoms with Crippen LogP contribution in [0.2, 0.25) is 0 Å². The number of nitrogens with zero attached hydrogens (tertiary/aromatic N) is 2. The van der Waals surface area contributed by atoms with Crippen LogP contribution in [0.1, 0.15) is 20.3 Å². The van der Waals surface area contributed by atoms with E-state index in [0.717, 1.165) is 19.7 Å². The van der Waals surface area contributed by atoms with Gasteiger partial charge in [0.05, 0.1) is 12.7 Å². The Bertz CT molecular complexity index is 211. The van der Waals surface area contributed by atoms with Gasteiger partial charge in [0.1, 0.15) is 0 Å². The molecule has 2 saturated heterocycles. The first-order valence-electron chi connectivity index (χ1n) is 7.10. The summed E-state index contributed by atoms with van der Waals surface area (Å²) in [7, 11) is 0. The van der Waals surface area contributed by atoms with Crippen LogP contribution in [0.25, 0.3) is 0 Å². The third-order valence-corrected chi connectivity index (χ3v) is 4.02. The van der Waals surface area contributed by atoms with Gasteiger partial charge in [-0.3, -0.25) is 4.90 Å². The fraction of sp³-hybridized carbons (Fsp3) is 1.00. The second-order valence-electron chi connectivity index (χ2n) is 5.23. The Kier molecular flexibility index (Phi) is 5.22. The van der Waals surface area contributed by atoms with E-state index in [4.69, 9.17) is 4.74 Å². The largest absolute Gasteiger partial charge is 0.374 e. The molecule has 0 aromatic rings. The van der Waals surface area contributed by atoms with Gasteiger partial charge in [0.2, 0.25) is 0 Å². The number of morpholine rings is 1. The molecule has 0 radical (unpaired) electrons. The summed E-state index contributed by atoms with van der Waals surface area (Å²) in [6.45, 7) is 13.5. The maximum atomic E-state index is 5.85. The molecule has 0 saturated carbocycles. The van der Waals surface area contributed by atoms with E-state index < -0.39 is 0 Å². The van der Waals surface area contributed by atoms with Crippen molar-refractivity contribution in [1.29, 1.82) is 0 Å². The fourth-order valence-electron chi connectivity index (χ4n) is 2.84. The summed E-state index contributed by atoms with van der Waals surface area (Å²) in [5, 5.41) is 3.42. The Morgan fingerprint density at radius 1 is 1.29 bits per heavy atom. The van der Waals surface area contributed by atoms with Gasteiger partial charge >= 0.3 is 0 Å². The van der Waals surface area contributed by atoms with Crippen molar-refractivity contribution < 1.29 is 4.74 Å². The second-order valence-corrected chi connectivity index (χ2v) is 5.23. The van der Waals surface area contributed by atoms with Crippen molar-refractivity contribution in [3.8, 4) is 0 Å². The Labute approximate surface area is 105 Å². The van der Waals surface area contributed by atoms with Gasteiger partial charge in [-0.2, -0.15) is 0 Å². The van der Waals surface area contributed by atoms with Crippen LogP contribution in [0.15, 0.2) is 0 Å². The van der Waals surface area contributed by atoms with Gasteiger partial charge in [-0.05, 0) is 19.9 Å². The van der Waals surface area contributed by atoms with Crippen molar-refractivity contribution in [3.63, 3.8) is 0 Å². The molecule has 17 heavy (non-hydrogen) atoms. The lowest BCUT2D eigenvalue weighted by Gasteiger charge is -2.41. The fourth-order valence-corrected chi connectivity index (χ4v) is 2.84. The number of hydrogen-bond donors (Lipinski definition) is 1. The predicted octanol–water partition coefficient (Wildman–Crippen LogP) is 0.391. The van der Waals surface area contributed by atoms with E-state index in [9.17, 15) is 0 Å². The van der Waals surface area contributed by atoms with Gasteiger partial charge < -0.3 is 15.0 Å². The molecule has 100 valence electrons. The smallest absolute Gasteiger partial charge is 0.0852 e. The lowest BCUT2D eigenvalue weighted by Crippen LogP contribution is -2.56. The molecule has 4 heteroatoms. The normalized spacial score (nSPS) is 30.4. The monoisotopic (exact) mass is 241 g/mol. The molecule has 0 spiro atoms. The molecule has 0 amide bonds. The van der Waals surface area contributed by atoms with Crippen LogP contribution >= 0.6 is 0 Å². The molecule has 0 bridgehead atoms. The molecule has 0 aliphatic carbocycles. The summed E-state index contributed by atoms with van der Waals surface area (Å²) < 4.78 is 5.85. The minimum absolute atomic E-state index is 0.376. The van der Waals surface area contributed by atoms with Gasteiger partial charge in [0.25, 0.3) is 0 Å². The minimum Gasteiger partial charge on any atom is -0.374 e. The predicted molar refractivity (Wildman–Crippen MR) is 70.4 cm³/mol. The zero-order chi connectivity index (χ0) is 12.1. The summed E-state index contributed by atoms with van der Waals surface area (Å²) in [6.07, 6.45) is 1.65. The summed E-state index contributed by atoms with van der Waals surface area (Å²) in [4.78, 5) is 5.16. The van der Waals surface area contributed by atoms with E-state index in [0.29, 0.717) is 12.1 Å². The molecule has 1 N–H and O–H groups in total. The van der Waals surface area contributed by atoms with Gasteiger partial charge in [-0.25, -0.2) is 0 Å². The lowest BCUT2D eigenvalue weighted by molar-refractivity contribution is -0.0368. The summed E-state index contributed by atoms with van der Waals surface area (Å²) in [5.41, 5.74) is 0. The number of nitrogens with one attached hydrogen (secondary N) is 1. The van der Waals surface area contributed by atoms with Crippen LogP contribution in [-0.4, -0.2) is 74.4 Å². The van der Waals surface area contributed by atoms with Crippen LogP contribution in [0.3, 0.4) is 0 Å². The molecule has 2 aliphatic rings. The molecule has 0 aromatic carbocycles. The molecule has 2 aliphatic heterocycles. The zero-order valence-corrected chi connectivity index (χ0v) is 11.3. The molecule has 0 aromatic heterocycles. The molecular formula is C13H27N3O. The summed E-state index contributed by atoms with van der Waals surface area (Å²) >= 11 is 0. The number of piperazine rings is 1. The van der Waals surface area contributed by atoms with Crippen molar-refractivity contribution in [2.45, 2.75) is 32.4 Å². The van der Waals surface area contributed by atoms with E-state index in [1.165, 1.54) is 39.1 Å². The quantitative estimate of drug-likeness (QED) is 0.771. The van der Waals surface area contributed by atoms with E-state index >= 15 is 0 Å². The SMILES string of the molecule is CCCN1CCN(C(C)C2CNCCO2)CC1. The average molecular weight is 241 g/mol. The summed E-state index contributed by atoms with van der Waals surface area (Å²) in [6, 6.07) is 0.548. The number of rotatable bonds is 4. The Morgan fingerprint density at radius 3 is 2.65 bits per heavy atom. The van der Waals surface area contributed by atoms with Gasteiger partial charge in [0.15, 0.2) is 0 Å².